The summed E-state index contributed by atoms with van der Waals surface area (Å²) in [6.45, 7) is 9.03. The van der Waals surface area contributed by atoms with E-state index in [0.29, 0.717) is 35.7 Å². The van der Waals surface area contributed by atoms with Gasteiger partial charge in [-0.3, -0.25) is 34.1 Å². The lowest BCUT2D eigenvalue weighted by Crippen LogP contribution is -2.56. The predicted octanol–water partition coefficient (Wildman–Crippen LogP) is 4.56. The molecule has 17 nitrogen and oxygen atoms in total. The quantitative estimate of drug-likeness (QED) is 0.149. The average Bonchev–Trinajstić information content (AvgIpc) is 3.68. The second kappa shape index (κ2) is 17.5. The lowest BCUT2D eigenvalue weighted by atomic mass is 9.87. The van der Waals surface area contributed by atoms with Crippen LogP contribution in [0.1, 0.15) is 64.5 Å². The third-order valence-corrected chi connectivity index (χ3v) is 12.9. The molecule has 0 unspecified atom stereocenters. The Morgan fingerprint density at radius 3 is 2.42 bits per heavy atom. The molecule has 62 heavy (non-hydrogen) atoms. The highest BCUT2D eigenvalue weighted by molar-refractivity contribution is 6.33. The number of carbonyl (C=O) groups is 3. The van der Waals surface area contributed by atoms with Crippen LogP contribution in [0.5, 0.6) is 5.75 Å². The molecule has 3 amide bonds. The molecular weight excluding hydrogens is 814 g/mol. The van der Waals surface area contributed by atoms with Gasteiger partial charge in [0.1, 0.15) is 11.1 Å². The zero-order chi connectivity index (χ0) is 43.1. The standard InChI is InChI=1S/C44H52ClN11O6/c1-26(2)55-35-6-4-29(18-27(35)20-38(43(55)60)61-25-40(58)46-3)49-41-34(45)24-47-44(51-41)54-12-10-32(11-13-54)62-33-21-31(22-33)53-16-14-52(15-17-53)30-5-7-36-28(19-30)23-48-56(36)37-8-9-39(57)50-42(37)59/h4-7,18-20,23-24,26,31-33,37H,8-17,21-22,25H2,1-3H3,(H,46,58)(H,47,49,51)(H,50,57,59)/t31?,33?,37-/m1/s1. The van der Waals surface area contributed by atoms with E-state index in [-0.39, 0.29) is 53.9 Å². The number of pyridine rings is 1. The molecule has 9 rings (SSSR count). The summed E-state index contributed by atoms with van der Waals surface area (Å²) in [6.07, 6.45) is 8.55. The summed E-state index contributed by atoms with van der Waals surface area (Å²) in [5, 5.41) is 14.9. The van der Waals surface area contributed by atoms with Crippen LogP contribution in [0, 0.1) is 0 Å². The Bertz CT molecular complexity index is 2560. The number of imide groups is 1. The average molecular weight is 866 g/mol. The van der Waals surface area contributed by atoms with Gasteiger partial charge in [0.25, 0.3) is 17.4 Å². The number of halogens is 1. The van der Waals surface area contributed by atoms with Gasteiger partial charge in [0, 0.05) is 87.0 Å². The topological polar surface area (TPSA) is 181 Å². The number of carbonyl (C=O) groups excluding carboxylic acids is 3. The van der Waals surface area contributed by atoms with E-state index >= 15 is 0 Å². The molecule has 4 aliphatic rings. The fourth-order valence-corrected chi connectivity index (χ4v) is 9.26. The molecule has 4 fully saturated rings. The third-order valence-electron chi connectivity index (χ3n) is 12.6. The van der Waals surface area contributed by atoms with Crippen LogP contribution in [0.25, 0.3) is 21.8 Å². The van der Waals surface area contributed by atoms with Crippen LogP contribution in [0.4, 0.5) is 23.1 Å². The minimum atomic E-state index is -0.467. The van der Waals surface area contributed by atoms with Gasteiger partial charge in [-0.05, 0) is 88.4 Å². The van der Waals surface area contributed by atoms with Gasteiger partial charge in [0.05, 0.1) is 35.6 Å². The van der Waals surface area contributed by atoms with Gasteiger partial charge in [-0.15, -0.1) is 0 Å². The zero-order valence-corrected chi connectivity index (χ0v) is 35.9. The number of fused-ring (bicyclic) bond motifs is 2. The van der Waals surface area contributed by atoms with Crippen LogP contribution in [-0.4, -0.2) is 118 Å². The van der Waals surface area contributed by atoms with Crippen molar-refractivity contribution in [3.05, 3.63) is 70.2 Å². The van der Waals surface area contributed by atoms with E-state index < -0.39 is 6.04 Å². The van der Waals surface area contributed by atoms with Gasteiger partial charge in [-0.2, -0.15) is 10.1 Å². The van der Waals surface area contributed by atoms with E-state index in [0.717, 1.165) is 98.1 Å². The van der Waals surface area contributed by atoms with Crippen molar-refractivity contribution in [2.45, 2.75) is 82.7 Å². The molecule has 18 heteroatoms. The van der Waals surface area contributed by atoms with Crippen LogP contribution in [0.2, 0.25) is 5.02 Å². The number of hydrogen-bond donors (Lipinski definition) is 3. The van der Waals surface area contributed by atoms with E-state index in [1.54, 1.807) is 21.5 Å². The van der Waals surface area contributed by atoms with Crippen molar-refractivity contribution in [3.63, 3.8) is 0 Å². The molecule has 1 saturated carbocycles. The number of hydrogen-bond acceptors (Lipinski definition) is 13. The minimum absolute atomic E-state index is 0.0985. The van der Waals surface area contributed by atoms with Crippen molar-refractivity contribution in [2.24, 2.45) is 0 Å². The summed E-state index contributed by atoms with van der Waals surface area (Å²) in [5.41, 5.74) is 3.22. The molecule has 0 radical (unpaired) electrons. The summed E-state index contributed by atoms with van der Waals surface area (Å²) in [5.74, 6) is 0.325. The Morgan fingerprint density at radius 1 is 0.903 bits per heavy atom. The number of benzene rings is 2. The lowest BCUT2D eigenvalue weighted by molar-refractivity contribution is -0.136. The third kappa shape index (κ3) is 8.52. The summed E-state index contributed by atoms with van der Waals surface area (Å²) in [7, 11) is 1.52. The van der Waals surface area contributed by atoms with E-state index in [1.807, 2.05) is 44.3 Å². The maximum absolute atomic E-state index is 13.2. The number of rotatable bonds is 12. The number of anilines is 4. The molecule has 3 aromatic heterocycles. The maximum atomic E-state index is 13.2. The number of nitrogens with zero attached hydrogens (tertiary/aromatic N) is 8. The van der Waals surface area contributed by atoms with Crippen molar-refractivity contribution in [2.75, 3.05) is 68.0 Å². The second-order valence-electron chi connectivity index (χ2n) is 16.9. The van der Waals surface area contributed by atoms with Crippen LogP contribution in [-0.2, 0) is 19.1 Å². The molecular formula is C44H52ClN11O6. The van der Waals surface area contributed by atoms with Gasteiger partial charge in [0.15, 0.2) is 18.2 Å². The van der Waals surface area contributed by atoms with E-state index in [4.69, 9.17) is 26.1 Å². The smallest absolute Gasteiger partial charge is 0.293 e. The second-order valence-corrected chi connectivity index (χ2v) is 17.3. The molecule has 2 aromatic carbocycles. The van der Waals surface area contributed by atoms with Crippen molar-refractivity contribution in [1.29, 1.82) is 0 Å². The van der Waals surface area contributed by atoms with E-state index in [9.17, 15) is 19.2 Å². The van der Waals surface area contributed by atoms with Crippen molar-refractivity contribution in [1.82, 2.24) is 39.8 Å². The van der Waals surface area contributed by atoms with E-state index in [1.165, 1.54) is 7.05 Å². The fraction of sp³-hybridized carbons (Fsp3) is 0.477. The van der Waals surface area contributed by atoms with Gasteiger partial charge in [-0.25, -0.2) is 4.98 Å². The summed E-state index contributed by atoms with van der Waals surface area (Å²) in [4.78, 5) is 65.7. The summed E-state index contributed by atoms with van der Waals surface area (Å²) < 4.78 is 15.6. The largest absolute Gasteiger partial charge is 0.478 e. The molecule has 0 bridgehead atoms. The maximum Gasteiger partial charge on any atom is 0.293 e. The van der Waals surface area contributed by atoms with Crippen LogP contribution >= 0.6 is 11.6 Å². The van der Waals surface area contributed by atoms with Crippen LogP contribution < -0.4 is 36.0 Å². The van der Waals surface area contributed by atoms with Crippen molar-refractivity contribution >= 4 is 74.3 Å². The Hall–Kier alpha value is -5.78. The fourth-order valence-electron chi connectivity index (χ4n) is 9.12. The van der Waals surface area contributed by atoms with Gasteiger partial charge < -0.3 is 34.5 Å². The van der Waals surface area contributed by atoms with Gasteiger partial charge in [0.2, 0.25) is 11.9 Å². The highest BCUT2D eigenvalue weighted by atomic mass is 35.5. The SMILES string of the molecule is CNC(=O)COc1cc2cc(Nc3nc(N4CCC(OC5CC(N6CCN(c7ccc8c(cnn8[C@@H]8CCC(=O)NC8=O)c7)CC6)C5)CC4)ncc3Cl)ccc2n(C(C)C)c1=O. The molecule has 1 aliphatic carbocycles. The lowest BCUT2D eigenvalue weighted by Gasteiger charge is -2.47. The Kier molecular flexibility index (Phi) is 11.8. The molecule has 0 spiro atoms. The number of piperazine rings is 1. The Morgan fingerprint density at radius 2 is 1.68 bits per heavy atom. The predicted molar refractivity (Wildman–Crippen MR) is 237 cm³/mol. The summed E-state index contributed by atoms with van der Waals surface area (Å²) in [6, 6.07) is 13.6. The van der Waals surface area contributed by atoms with Crippen LogP contribution in [0.3, 0.4) is 0 Å². The van der Waals surface area contributed by atoms with Crippen molar-refractivity contribution < 1.29 is 23.9 Å². The highest BCUT2D eigenvalue weighted by Crippen LogP contribution is 2.34. The Labute approximate surface area is 363 Å². The number of aromatic nitrogens is 5. The van der Waals surface area contributed by atoms with Crippen LogP contribution in [0.15, 0.2) is 59.7 Å². The number of amides is 3. The van der Waals surface area contributed by atoms with Crippen molar-refractivity contribution in [3.8, 4) is 5.75 Å². The molecule has 1 atom stereocenters. The first-order chi connectivity index (χ1) is 30.0. The normalized spacial score (nSPS) is 21.3. The van der Waals surface area contributed by atoms with E-state index in [2.05, 4.69) is 52.9 Å². The molecule has 3 saturated heterocycles. The monoisotopic (exact) mass is 865 g/mol. The number of piperidine rings is 2. The van der Waals surface area contributed by atoms with Gasteiger partial charge in [-0.1, -0.05) is 11.6 Å². The highest BCUT2D eigenvalue weighted by Gasteiger charge is 2.38. The molecule has 6 heterocycles. The summed E-state index contributed by atoms with van der Waals surface area (Å²) >= 11 is 6.60. The number of nitrogens with one attached hydrogen (secondary N) is 3. The number of likely N-dealkylation sites (N-methyl/N-ethyl adjacent to an activating group) is 1. The molecule has 5 aromatic rings. The zero-order valence-electron chi connectivity index (χ0n) is 35.2. The Balaban J connectivity index is 0.746. The first kappa shape index (κ1) is 41.6. The first-order valence-electron chi connectivity index (χ1n) is 21.5. The first-order valence-corrected chi connectivity index (χ1v) is 21.9. The number of ether oxygens (including phenoxy) is 2. The van der Waals surface area contributed by atoms with Gasteiger partial charge >= 0.3 is 0 Å². The molecule has 326 valence electrons. The molecule has 3 N–H and O–H groups in total. The minimum Gasteiger partial charge on any atom is -0.478 e. The molecule has 3 aliphatic heterocycles.